The van der Waals surface area contributed by atoms with E-state index in [2.05, 4.69) is 44.1 Å². The number of nitrogens with two attached hydrogens (primary N) is 3. The third kappa shape index (κ3) is 27.2. The van der Waals surface area contributed by atoms with Crippen molar-refractivity contribution in [2.75, 3.05) is 32.1 Å². The largest absolute Gasteiger partial charge is 0.479 e. The first-order chi connectivity index (χ1) is 40.4. The molecule has 0 aromatic rings. The van der Waals surface area contributed by atoms with Crippen LogP contribution in [0, 0.1) is 5.92 Å². The number of nitrogens with one attached hydrogen (secondary N) is 9. The number of ether oxygens (including phenoxy) is 1. The highest BCUT2D eigenvalue weighted by atomic mass is 35.5. The van der Waals surface area contributed by atoms with E-state index in [0.29, 0.717) is 25.7 Å². The number of cyclic esters (lactones) is 1. The average Bonchev–Trinajstić information content (AvgIpc) is 4.36. The lowest BCUT2D eigenvalue weighted by Crippen LogP contribution is -2.62. The van der Waals surface area contributed by atoms with Crippen molar-refractivity contribution in [1.82, 2.24) is 47.9 Å². The summed E-state index contributed by atoms with van der Waals surface area (Å²) in [4.78, 5) is 165. The molecule has 0 aromatic carbocycles. The SMILES string of the molecule is C/C=C1/NC(=O)[C@H]([C@H](C)O)NC(=O)[C@H](CCN)NC(=O)[C@H](CCCCN)NC(=O)[C@H](CC(=O)C2CC2)NC(=O)[C@@H](CCN)NC(=O)[C@@H](NC(=O)C[C@@H](O)CCCCCCCCCCC)COC(=O)[C@H]([C@H](O)CCl)NC(=O)[C@H](C(O)C(=O)O)NC1=O. The van der Waals surface area contributed by atoms with Crippen LogP contribution in [0.2, 0.25) is 0 Å². The number of hydrogen-bond acceptors (Lipinski definition) is 20. The van der Waals surface area contributed by atoms with Gasteiger partial charge in [0.15, 0.2) is 12.1 Å². The number of unbranched alkanes of at least 4 members (excludes halogenated alkanes) is 9. The molecule has 9 amide bonds. The number of carboxylic acid groups (broad SMARTS) is 1. The van der Waals surface area contributed by atoms with Crippen LogP contribution in [0.25, 0.3) is 0 Å². The number of hydrogen-bond donors (Lipinski definition) is 17. The number of aliphatic hydroxyl groups excluding tert-OH is 4. The normalized spacial score (nSPS) is 25.1. The van der Waals surface area contributed by atoms with Crippen LogP contribution in [0.1, 0.15) is 143 Å². The monoisotopic (exact) mass is 1230 g/mol. The minimum Gasteiger partial charge on any atom is -0.479 e. The van der Waals surface area contributed by atoms with Crippen LogP contribution in [0.5, 0.6) is 0 Å². The summed E-state index contributed by atoms with van der Waals surface area (Å²) in [7, 11) is 0. The van der Waals surface area contributed by atoms with Crippen LogP contribution in [0.4, 0.5) is 0 Å². The first-order valence-corrected chi connectivity index (χ1v) is 29.6. The minimum atomic E-state index is -2.82. The van der Waals surface area contributed by atoms with Crippen LogP contribution >= 0.6 is 11.6 Å². The van der Waals surface area contributed by atoms with E-state index in [9.17, 15) is 83.1 Å². The number of carbonyl (C=O) groups is 12. The van der Waals surface area contributed by atoms with Crippen LogP contribution in [0.3, 0.4) is 0 Å². The molecule has 31 heteroatoms. The number of Topliss-reactive ketones (excluding diaryl/α,β-unsaturated/α-hetero) is 1. The van der Waals surface area contributed by atoms with Gasteiger partial charge in [0.05, 0.1) is 30.6 Å². The third-order valence-corrected chi connectivity index (χ3v) is 14.3. The maximum atomic E-state index is 14.3. The van der Waals surface area contributed by atoms with Gasteiger partial charge in [0, 0.05) is 12.3 Å². The Balaban J connectivity index is 2.77. The van der Waals surface area contributed by atoms with Gasteiger partial charge in [-0.05, 0) is 84.8 Å². The highest BCUT2D eigenvalue weighted by Crippen LogP contribution is 2.31. The molecule has 0 aromatic heterocycles. The number of carbonyl (C=O) groups excluding carboxylic acids is 11. The Morgan fingerprint density at radius 2 is 1.15 bits per heavy atom. The predicted molar refractivity (Wildman–Crippen MR) is 305 cm³/mol. The van der Waals surface area contributed by atoms with Gasteiger partial charge in [-0.3, -0.25) is 47.9 Å². The second kappa shape index (κ2) is 40.1. The molecule has 1 heterocycles. The van der Waals surface area contributed by atoms with Crippen LogP contribution in [0.15, 0.2) is 11.8 Å². The number of aliphatic hydroxyl groups is 4. The lowest BCUT2D eigenvalue weighted by molar-refractivity contribution is -0.155. The van der Waals surface area contributed by atoms with Gasteiger partial charge < -0.3 is 95.3 Å². The Morgan fingerprint density at radius 3 is 1.67 bits per heavy atom. The van der Waals surface area contributed by atoms with E-state index in [1.54, 1.807) is 0 Å². The number of aliphatic carboxylic acids is 1. The predicted octanol–water partition coefficient (Wildman–Crippen LogP) is -4.26. The molecule has 482 valence electrons. The van der Waals surface area contributed by atoms with Crippen molar-refractivity contribution in [3.05, 3.63) is 11.8 Å². The minimum absolute atomic E-state index is 0.118. The average molecular weight is 1230 g/mol. The first-order valence-electron chi connectivity index (χ1n) is 29.1. The van der Waals surface area contributed by atoms with Gasteiger partial charge in [-0.25, -0.2) is 9.59 Å². The van der Waals surface area contributed by atoms with Gasteiger partial charge >= 0.3 is 11.9 Å². The molecule has 85 heavy (non-hydrogen) atoms. The van der Waals surface area contributed by atoms with Crippen molar-refractivity contribution in [1.29, 1.82) is 0 Å². The fraction of sp³-hybridized carbons (Fsp3) is 0.741. The number of rotatable bonds is 29. The van der Waals surface area contributed by atoms with Gasteiger partial charge in [-0.15, -0.1) is 11.6 Å². The van der Waals surface area contributed by atoms with Crippen LogP contribution < -0.4 is 65.1 Å². The van der Waals surface area contributed by atoms with Gasteiger partial charge in [0.1, 0.15) is 60.4 Å². The molecule has 1 saturated carbocycles. The molecule has 1 saturated heterocycles. The molecular weight excluding hydrogens is 1140 g/mol. The molecule has 2 fully saturated rings. The summed E-state index contributed by atoms with van der Waals surface area (Å²) in [6, 6.07) is -15.2. The molecular formula is C54H91ClN12O18. The van der Waals surface area contributed by atoms with Crippen LogP contribution in [-0.2, 0) is 62.3 Å². The number of esters is 1. The van der Waals surface area contributed by atoms with E-state index in [0.717, 1.165) is 64.4 Å². The van der Waals surface area contributed by atoms with Gasteiger partial charge in [-0.2, -0.15) is 0 Å². The van der Waals surface area contributed by atoms with E-state index in [-0.39, 0.29) is 51.7 Å². The zero-order valence-electron chi connectivity index (χ0n) is 48.7. The van der Waals surface area contributed by atoms with Crippen molar-refractivity contribution in [3.8, 4) is 0 Å². The van der Waals surface area contributed by atoms with Gasteiger partial charge in [0.25, 0.3) is 5.91 Å². The second-order valence-electron chi connectivity index (χ2n) is 21.2. The molecule has 1 aliphatic heterocycles. The number of amides is 9. The summed E-state index contributed by atoms with van der Waals surface area (Å²) < 4.78 is 5.33. The van der Waals surface area contributed by atoms with Crippen molar-refractivity contribution < 1.29 is 87.8 Å². The summed E-state index contributed by atoms with van der Waals surface area (Å²) in [6.07, 6.45) is 1.69. The highest BCUT2D eigenvalue weighted by molar-refractivity contribution is 6.18. The smallest absolute Gasteiger partial charge is 0.335 e. The number of carboxylic acids is 1. The topological polar surface area (TPSA) is 502 Å². The fourth-order valence-corrected chi connectivity index (χ4v) is 9.00. The summed E-state index contributed by atoms with van der Waals surface area (Å²) >= 11 is 5.89. The van der Waals surface area contributed by atoms with E-state index in [4.69, 9.17) is 33.5 Å². The summed E-state index contributed by atoms with van der Waals surface area (Å²) in [6.45, 7) is 2.83. The van der Waals surface area contributed by atoms with E-state index in [1.165, 1.54) is 6.92 Å². The Hall–Kier alpha value is -6.41. The molecule has 0 spiro atoms. The van der Waals surface area contributed by atoms with Crippen LogP contribution in [-0.4, -0.2) is 201 Å². The number of allylic oxidation sites excluding steroid dienone is 1. The van der Waals surface area contributed by atoms with E-state index in [1.807, 2.05) is 10.6 Å². The quantitative estimate of drug-likeness (QED) is 0.0146. The maximum absolute atomic E-state index is 14.3. The van der Waals surface area contributed by atoms with Crippen molar-refractivity contribution >= 4 is 82.5 Å². The van der Waals surface area contributed by atoms with Crippen molar-refractivity contribution in [2.24, 2.45) is 23.1 Å². The molecule has 0 radical (unpaired) electrons. The van der Waals surface area contributed by atoms with Crippen molar-refractivity contribution in [3.63, 3.8) is 0 Å². The fourth-order valence-electron chi connectivity index (χ4n) is 8.83. The second-order valence-corrected chi connectivity index (χ2v) is 21.5. The number of ketones is 1. The molecule has 1 aliphatic carbocycles. The summed E-state index contributed by atoms with van der Waals surface area (Å²) in [5, 5.41) is 73.3. The Morgan fingerprint density at radius 1 is 0.635 bits per heavy atom. The highest BCUT2D eigenvalue weighted by Gasteiger charge is 2.41. The van der Waals surface area contributed by atoms with E-state index >= 15 is 0 Å². The van der Waals surface area contributed by atoms with Gasteiger partial charge in [-0.1, -0.05) is 70.8 Å². The molecule has 2 rings (SSSR count). The molecule has 2 aliphatic rings. The number of halogens is 1. The zero-order valence-corrected chi connectivity index (χ0v) is 49.5. The number of alkyl halides is 1. The standard InChI is InChI=1S/C54H91ClN12O18/c1-4-6-7-8-9-10-11-12-13-16-31(69)25-40(72)59-37-28-85-54(84)42(39(71)27-55)66-52(81)43(44(73)53(82)83)67-45(74)32(5-2)60-51(80)41(29(3)68)65-48(77)35(21-24-58)62-46(75)33(17-14-15-22-56)61-49(78)36(26-38(70)30-18-19-30)64-47(76)34(20-23-57)63-50(37)79/h5,29-31,33-37,39,41-44,68-69,71,73H,4,6-28,56-58H2,1-3H3,(H,59,72)(H,60,80)(H,61,78)(H,62,75)(H,63,79)(H,64,76)(H,65,77)(H,66,81)(H,67,74)(H,82,83)/b32-5+/t29-,31-,33-,34+,35-,36-,37-,39+,41-,42-,43-,44?/m0/s1. The van der Waals surface area contributed by atoms with Crippen molar-refractivity contribution in [2.45, 2.75) is 216 Å². The molecule has 12 atom stereocenters. The lowest BCUT2D eigenvalue weighted by Gasteiger charge is -2.29. The van der Waals surface area contributed by atoms with Gasteiger partial charge in [0.2, 0.25) is 47.3 Å². The molecule has 20 N–H and O–H groups in total. The Labute approximate surface area is 499 Å². The maximum Gasteiger partial charge on any atom is 0.335 e. The summed E-state index contributed by atoms with van der Waals surface area (Å²) in [5.74, 6) is -16.3. The van der Waals surface area contributed by atoms with E-state index < -0.39 is 181 Å². The zero-order chi connectivity index (χ0) is 63.8. The molecule has 0 bridgehead atoms. The Bertz CT molecular complexity index is 2280. The third-order valence-electron chi connectivity index (χ3n) is 14.0. The first kappa shape index (κ1) is 74.7. The Kier molecular flexibility index (Phi) is 35.2. The lowest BCUT2D eigenvalue weighted by atomic mass is 10.0. The molecule has 30 nitrogen and oxygen atoms in total. The summed E-state index contributed by atoms with van der Waals surface area (Å²) in [5.41, 5.74) is 16.6. The molecule has 1 unspecified atom stereocenters.